The molecule has 8 heteroatoms. The van der Waals surface area contributed by atoms with E-state index in [4.69, 9.17) is 28.4 Å². The average Bonchev–Trinajstić information content (AvgIpc) is 3.08. The van der Waals surface area contributed by atoms with E-state index in [1.54, 1.807) is 0 Å². The summed E-state index contributed by atoms with van der Waals surface area (Å²) in [5.74, 6) is 0.0611. The molecule has 3 aromatic carbocycles. The number of nitrogens with one attached hydrogen (secondary N) is 1. The third kappa shape index (κ3) is 10.3. The molecule has 6 atom stereocenters. The van der Waals surface area contributed by atoms with E-state index in [0.717, 1.165) is 16.7 Å². The molecule has 1 fully saturated rings. The van der Waals surface area contributed by atoms with Gasteiger partial charge in [-0.15, -0.1) is 0 Å². The molecule has 0 saturated carbocycles. The molecule has 1 N–H and O–H groups in total. The van der Waals surface area contributed by atoms with Crippen LogP contribution in [0.3, 0.4) is 0 Å². The van der Waals surface area contributed by atoms with Gasteiger partial charge in [-0.3, -0.25) is 4.79 Å². The van der Waals surface area contributed by atoms with Crippen molar-refractivity contribution in [3.05, 3.63) is 120 Å². The van der Waals surface area contributed by atoms with Gasteiger partial charge in [0.05, 0.1) is 64.8 Å². The Labute approximate surface area is 273 Å². The van der Waals surface area contributed by atoms with Gasteiger partial charge in [0.1, 0.15) is 24.4 Å². The second kappa shape index (κ2) is 18.1. The third-order valence-electron chi connectivity index (χ3n) is 8.30. The van der Waals surface area contributed by atoms with Crippen molar-refractivity contribution < 1.29 is 33.2 Å². The minimum atomic E-state index is -0.607. The van der Waals surface area contributed by atoms with E-state index in [2.05, 4.69) is 19.2 Å². The topological polar surface area (TPSA) is 84.5 Å². The molecular formula is C38H47NO7. The van der Waals surface area contributed by atoms with Gasteiger partial charge < -0.3 is 33.7 Å². The van der Waals surface area contributed by atoms with Crippen LogP contribution in [0.25, 0.3) is 0 Å². The number of ether oxygens (including phenoxy) is 6. The van der Waals surface area contributed by atoms with Gasteiger partial charge in [-0.1, -0.05) is 117 Å². The molecule has 3 aromatic rings. The lowest BCUT2D eigenvalue weighted by molar-refractivity contribution is -0.271. The third-order valence-corrected chi connectivity index (χ3v) is 8.30. The van der Waals surface area contributed by atoms with Gasteiger partial charge >= 0.3 is 0 Å². The van der Waals surface area contributed by atoms with E-state index >= 15 is 0 Å². The summed E-state index contributed by atoms with van der Waals surface area (Å²) in [5, 5.41) is 3.19. The Bertz CT molecular complexity index is 1320. The van der Waals surface area contributed by atoms with Crippen LogP contribution in [-0.2, 0) is 53.0 Å². The minimum absolute atomic E-state index is 0.0913. The first-order valence-electron chi connectivity index (χ1n) is 16.3. The van der Waals surface area contributed by atoms with E-state index < -0.39 is 30.5 Å². The van der Waals surface area contributed by atoms with Crippen LogP contribution < -0.4 is 5.32 Å². The molecule has 0 aromatic heterocycles. The van der Waals surface area contributed by atoms with E-state index in [0.29, 0.717) is 39.6 Å². The molecular weight excluding hydrogens is 582 g/mol. The summed E-state index contributed by atoms with van der Waals surface area (Å²) in [6, 6.07) is 29.9. The van der Waals surface area contributed by atoms with Gasteiger partial charge in [0.2, 0.25) is 5.91 Å². The Hall–Kier alpha value is -3.37. The quantitative estimate of drug-likeness (QED) is 0.291. The zero-order valence-electron chi connectivity index (χ0n) is 26.9. The highest BCUT2D eigenvalue weighted by Gasteiger charge is 2.49. The number of hydrogen-bond donors (Lipinski definition) is 1. The molecule has 5 rings (SSSR count). The summed E-state index contributed by atoms with van der Waals surface area (Å²) in [6.45, 7) is 6.71. The highest BCUT2D eigenvalue weighted by atomic mass is 16.6. The van der Waals surface area contributed by atoms with E-state index in [1.165, 1.54) is 0 Å². The van der Waals surface area contributed by atoms with Crippen LogP contribution in [0.2, 0.25) is 0 Å². The molecule has 0 spiro atoms. The van der Waals surface area contributed by atoms with Crippen LogP contribution in [0, 0.1) is 5.92 Å². The summed E-state index contributed by atoms with van der Waals surface area (Å²) in [7, 11) is 0. The van der Waals surface area contributed by atoms with Gasteiger partial charge in [0.15, 0.2) is 0 Å². The summed E-state index contributed by atoms with van der Waals surface area (Å²) < 4.78 is 38.8. The largest absolute Gasteiger partial charge is 0.375 e. The smallest absolute Gasteiger partial charge is 0.223 e. The second-order valence-corrected chi connectivity index (χ2v) is 12.2. The first-order chi connectivity index (χ1) is 22.6. The lowest BCUT2D eigenvalue weighted by Gasteiger charge is -2.46. The lowest BCUT2D eigenvalue weighted by atomic mass is 9.92. The number of amides is 1. The zero-order chi connectivity index (χ0) is 32.0. The van der Waals surface area contributed by atoms with Crippen LogP contribution in [0.4, 0.5) is 0 Å². The maximum atomic E-state index is 13.6. The van der Waals surface area contributed by atoms with E-state index in [9.17, 15) is 4.79 Å². The van der Waals surface area contributed by atoms with Crippen molar-refractivity contribution in [3.63, 3.8) is 0 Å². The van der Waals surface area contributed by atoms with Gasteiger partial charge in [0, 0.05) is 0 Å². The maximum Gasteiger partial charge on any atom is 0.223 e. The molecule has 2 bridgehead atoms. The number of carbonyl (C=O) groups is 1. The van der Waals surface area contributed by atoms with Crippen LogP contribution in [0.15, 0.2) is 103 Å². The van der Waals surface area contributed by atoms with Gasteiger partial charge in [-0.05, 0) is 22.6 Å². The Morgan fingerprint density at radius 2 is 1.11 bits per heavy atom. The van der Waals surface area contributed by atoms with Crippen LogP contribution >= 0.6 is 0 Å². The van der Waals surface area contributed by atoms with Crippen molar-refractivity contribution >= 4 is 5.91 Å². The SMILES string of the molecule is CC(C)[C@H]1COC/C=C/COC[C@H]2O[C@H](CC(=O)N1)[C@H](OCc1ccccc1)[C@@H](OCc1ccccc1)[C@@H]2OCc1ccccc1. The van der Waals surface area contributed by atoms with E-state index in [-0.39, 0.29) is 30.9 Å². The predicted octanol–water partition coefficient (Wildman–Crippen LogP) is 5.64. The van der Waals surface area contributed by atoms with Crippen molar-refractivity contribution in [2.45, 2.75) is 76.7 Å². The molecule has 0 radical (unpaired) electrons. The first-order valence-corrected chi connectivity index (χ1v) is 16.3. The van der Waals surface area contributed by atoms with Crippen molar-refractivity contribution in [2.75, 3.05) is 26.4 Å². The molecule has 8 nitrogen and oxygen atoms in total. The van der Waals surface area contributed by atoms with Crippen LogP contribution in [-0.4, -0.2) is 68.9 Å². The summed E-state index contributed by atoms with van der Waals surface area (Å²) in [4.78, 5) is 13.6. The minimum Gasteiger partial charge on any atom is -0.375 e. The molecule has 2 aliphatic rings. The second-order valence-electron chi connectivity index (χ2n) is 12.2. The summed E-state index contributed by atoms with van der Waals surface area (Å²) in [5.41, 5.74) is 3.08. The fourth-order valence-corrected chi connectivity index (χ4v) is 5.68. The first kappa shape index (κ1) is 34.0. The van der Waals surface area contributed by atoms with Crippen molar-refractivity contribution in [1.29, 1.82) is 0 Å². The van der Waals surface area contributed by atoms with Crippen LogP contribution in [0.1, 0.15) is 37.0 Å². The zero-order valence-corrected chi connectivity index (χ0v) is 26.9. The maximum absolute atomic E-state index is 13.6. The lowest BCUT2D eigenvalue weighted by Crippen LogP contribution is -2.62. The Kier molecular flexibility index (Phi) is 13.4. The number of benzene rings is 3. The molecule has 2 aliphatic heterocycles. The standard InChI is InChI=1S/C38H47NO7/c1-28(2)32-26-41-20-12-13-21-42-27-34-37(44-24-30-16-8-4-9-17-30)38(45-25-31-18-10-5-11-19-31)36(33(46-34)22-35(40)39-32)43-23-29-14-6-3-7-15-29/h3-19,28,32-34,36-38H,20-27H2,1-2H3,(H,39,40)/b13-12+/t32-,33-,34-,36+,37-,38-/m1/s1. The van der Waals surface area contributed by atoms with Gasteiger partial charge in [-0.25, -0.2) is 0 Å². The fourth-order valence-electron chi connectivity index (χ4n) is 5.68. The Balaban J connectivity index is 1.47. The van der Waals surface area contributed by atoms with Gasteiger partial charge in [-0.2, -0.15) is 0 Å². The van der Waals surface area contributed by atoms with Gasteiger partial charge in [0.25, 0.3) is 0 Å². The molecule has 0 aliphatic carbocycles. The van der Waals surface area contributed by atoms with Crippen molar-refractivity contribution in [3.8, 4) is 0 Å². The number of fused-ring (bicyclic) bond motifs is 2. The molecule has 0 unspecified atom stereocenters. The monoisotopic (exact) mass is 629 g/mol. The van der Waals surface area contributed by atoms with Crippen LogP contribution in [0.5, 0.6) is 0 Å². The Morgan fingerprint density at radius 1 is 0.652 bits per heavy atom. The summed E-state index contributed by atoms with van der Waals surface area (Å²) in [6.07, 6.45) is 1.17. The Morgan fingerprint density at radius 3 is 1.61 bits per heavy atom. The van der Waals surface area contributed by atoms with Crippen molar-refractivity contribution in [2.24, 2.45) is 5.92 Å². The molecule has 46 heavy (non-hydrogen) atoms. The summed E-state index contributed by atoms with van der Waals surface area (Å²) >= 11 is 0. The highest BCUT2D eigenvalue weighted by molar-refractivity contribution is 5.77. The van der Waals surface area contributed by atoms with E-state index in [1.807, 2.05) is 103 Å². The predicted molar refractivity (Wildman–Crippen MR) is 176 cm³/mol. The number of hydrogen-bond acceptors (Lipinski definition) is 7. The molecule has 246 valence electrons. The normalized spacial score (nSPS) is 26.9. The fraction of sp³-hybridized carbons (Fsp3) is 0.447. The van der Waals surface area contributed by atoms with Crippen molar-refractivity contribution in [1.82, 2.24) is 5.32 Å². The molecule has 2 heterocycles. The highest BCUT2D eigenvalue weighted by Crippen LogP contribution is 2.32. The average molecular weight is 630 g/mol. The number of rotatable bonds is 10. The number of carbonyl (C=O) groups excluding carboxylic acids is 1. The molecule has 1 amide bonds. The molecule has 1 saturated heterocycles.